The molecule has 0 spiro atoms. The highest BCUT2D eigenvalue weighted by Crippen LogP contribution is 2.35. The lowest BCUT2D eigenvalue weighted by Gasteiger charge is -2.35. The lowest BCUT2D eigenvalue weighted by atomic mass is 10.0. The number of imidazole rings is 1. The van der Waals surface area contributed by atoms with Gasteiger partial charge in [0, 0.05) is 63.5 Å². The molecule has 10 heteroatoms. The molecular weight excluding hydrogens is 511 g/mol. The average molecular weight is 537 g/mol. The Morgan fingerprint density at radius 2 is 1.86 bits per heavy atom. The van der Waals surface area contributed by atoms with Crippen LogP contribution < -0.4 is 10.1 Å². The zero-order valence-electron chi connectivity index (χ0n) is 20.0. The van der Waals surface area contributed by atoms with Crippen LogP contribution in [0.15, 0.2) is 67.4 Å². The number of hydrogen-bond acceptors (Lipinski definition) is 6. The van der Waals surface area contributed by atoms with Crippen molar-refractivity contribution in [2.45, 2.75) is 32.0 Å². The van der Waals surface area contributed by atoms with E-state index in [-0.39, 0.29) is 27.6 Å². The van der Waals surface area contributed by atoms with Gasteiger partial charge < -0.3 is 15.0 Å². The molecule has 1 aromatic carbocycles. The SMILES string of the molecule is O=C(NCc1ccc(CN(CCc2ncc[nH]2)C2CCOc3cccnc32)cc1)c1c(Cl)cncc1Cl. The van der Waals surface area contributed by atoms with Crippen molar-refractivity contribution in [3.8, 4) is 5.75 Å². The van der Waals surface area contributed by atoms with E-state index in [4.69, 9.17) is 27.9 Å². The molecule has 3 aromatic heterocycles. The van der Waals surface area contributed by atoms with Gasteiger partial charge in [0.1, 0.15) is 11.6 Å². The maximum atomic E-state index is 12.6. The number of H-pyrrole nitrogens is 1. The number of aromatic amines is 1. The molecule has 8 nitrogen and oxygen atoms in total. The minimum Gasteiger partial charge on any atom is -0.492 e. The van der Waals surface area contributed by atoms with Crippen LogP contribution in [0.2, 0.25) is 10.0 Å². The largest absolute Gasteiger partial charge is 0.492 e. The summed E-state index contributed by atoms with van der Waals surface area (Å²) in [6.45, 7) is 2.58. The lowest BCUT2D eigenvalue weighted by molar-refractivity contribution is 0.0951. The van der Waals surface area contributed by atoms with Gasteiger partial charge in [0.25, 0.3) is 5.91 Å². The second kappa shape index (κ2) is 11.7. The van der Waals surface area contributed by atoms with Gasteiger partial charge >= 0.3 is 0 Å². The van der Waals surface area contributed by atoms with E-state index in [1.807, 2.05) is 36.7 Å². The van der Waals surface area contributed by atoms with Gasteiger partial charge in [-0.05, 0) is 23.3 Å². The smallest absolute Gasteiger partial charge is 0.254 e. The summed E-state index contributed by atoms with van der Waals surface area (Å²) in [6, 6.07) is 12.3. The van der Waals surface area contributed by atoms with Crippen LogP contribution >= 0.6 is 23.2 Å². The summed E-state index contributed by atoms with van der Waals surface area (Å²) in [5.74, 6) is 1.47. The first-order valence-corrected chi connectivity index (χ1v) is 12.8. The number of benzene rings is 1. The molecule has 37 heavy (non-hydrogen) atoms. The molecule has 0 saturated carbocycles. The Kier molecular flexibility index (Phi) is 7.99. The highest BCUT2D eigenvalue weighted by atomic mass is 35.5. The van der Waals surface area contributed by atoms with Crippen LogP contribution in [-0.4, -0.2) is 43.9 Å². The van der Waals surface area contributed by atoms with Gasteiger partial charge in [-0.2, -0.15) is 0 Å². The fraction of sp³-hybridized carbons (Fsp3) is 0.259. The highest BCUT2D eigenvalue weighted by molar-refractivity contribution is 6.39. The number of nitrogens with zero attached hydrogens (tertiary/aromatic N) is 4. The van der Waals surface area contributed by atoms with Gasteiger partial charge in [0.05, 0.1) is 34.0 Å². The quantitative estimate of drug-likeness (QED) is 0.312. The van der Waals surface area contributed by atoms with Crippen LogP contribution in [0, 0.1) is 0 Å². The Hall–Kier alpha value is -3.46. The Morgan fingerprint density at radius 3 is 2.62 bits per heavy atom. The second-order valence-corrected chi connectivity index (χ2v) is 9.59. The molecule has 0 saturated heterocycles. The average Bonchev–Trinajstić information content (AvgIpc) is 3.44. The van der Waals surface area contributed by atoms with Crippen molar-refractivity contribution in [2.75, 3.05) is 13.2 Å². The topological polar surface area (TPSA) is 96.0 Å². The Balaban J connectivity index is 1.27. The third-order valence-corrected chi connectivity index (χ3v) is 6.91. The summed E-state index contributed by atoms with van der Waals surface area (Å²) < 4.78 is 5.85. The molecule has 2 N–H and O–H groups in total. The van der Waals surface area contributed by atoms with Crippen molar-refractivity contribution < 1.29 is 9.53 Å². The molecule has 1 aliphatic rings. The minimum absolute atomic E-state index is 0.147. The maximum absolute atomic E-state index is 12.6. The fourth-order valence-corrected chi connectivity index (χ4v) is 5.01. The number of carbonyl (C=O) groups is 1. The first kappa shape index (κ1) is 25.2. The van der Waals surface area contributed by atoms with Crippen LogP contribution in [0.25, 0.3) is 0 Å². The molecule has 0 radical (unpaired) electrons. The molecule has 190 valence electrons. The van der Waals surface area contributed by atoms with Gasteiger partial charge in [0.15, 0.2) is 0 Å². The second-order valence-electron chi connectivity index (χ2n) is 8.77. The zero-order chi connectivity index (χ0) is 25.6. The molecule has 1 aliphatic heterocycles. The number of aromatic nitrogens is 4. The van der Waals surface area contributed by atoms with Crippen LogP contribution in [0.5, 0.6) is 5.75 Å². The lowest BCUT2D eigenvalue weighted by Crippen LogP contribution is -2.34. The van der Waals surface area contributed by atoms with E-state index in [0.717, 1.165) is 48.8 Å². The van der Waals surface area contributed by atoms with Crippen molar-refractivity contribution in [3.63, 3.8) is 0 Å². The number of pyridine rings is 2. The van der Waals surface area contributed by atoms with E-state index in [9.17, 15) is 4.79 Å². The third kappa shape index (κ3) is 6.10. The number of halogens is 2. The summed E-state index contributed by atoms with van der Waals surface area (Å²) in [5, 5.41) is 3.32. The molecule has 4 heterocycles. The van der Waals surface area contributed by atoms with Crippen molar-refractivity contribution in [2.24, 2.45) is 0 Å². The Bertz CT molecular complexity index is 1330. The van der Waals surface area contributed by atoms with Crippen LogP contribution in [-0.2, 0) is 19.5 Å². The predicted octanol–water partition coefficient (Wildman–Crippen LogP) is 5.01. The van der Waals surface area contributed by atoms with E-state index >= 15 is 0 Å². The van der Waals surface area contributed by atoms with E-state index < -0.39 is 0 Å². The number of fused-ring (bicyclic) bond motifs is 1. The van der Waals surface area contributed by atoms with Crippen LogP contribution in [0.3, 0.4) is 0 Å². The molecule has 0 aliphatic carbocycles. The van der Waals surface area contributed by atoms with Gasteiger partial charge in [-0.1, -0.05) is 47.5 Å². The van der Waals surface area contributed by atoms with Gasteiger partial charge in [-0.15, -0.1) is 0 Å². The van der Waals surface area contributed by atoms with E-state index in [1.54, 1.807) is 6.20 Å². The normalized spacial score (nSPS) is 14.7. The predicted molar refractivity (Wildman–Crippen MR) is 142 cm³/mol. The van der Waals surface area contributed by atoms with E-state index in [2.05, 4.69) is 42.3 Å². The first-order chi connectivity index (χ1) is 18.1. The summed E-state index contributed by atoms with van der Waals surface area (Å²) >= 11 is 12.2. The van der Waals surface area contributed by atoms with Crippen molar-refractivity contribution >= 4 is 29.1 Å². The molecule has 4 aromatic rings. The summed E-state index contributed by atoms with van der Waals surface area (Å²) in [6.07, 6.45) is 9.92. The number of carbonyl (C=O) groups excluding carboxylic acids is 1. The summed E-state index contributed by atoms with van der Waals surface area (Å²) in [5.41, 5.74) is 3.34. The number of rotatable bonds is 9. The third-order valence-electron chi connectivity index (χ3n) is 6.34. The monoisotopic (exact) mass is 536 g/mol. The Morgan fingerprint density at radius 1 is 1.08 bits per heavy atom. The molecular formula is C27H26Cl2N6O2. The maximum Gasteiger partial charge on any atom is 0.254 e. The molecule has 1 atom stereocenters. The van der Waals surface area contributed by atoms with Crippen molar-refractivity contribution in [1.29, 1.82) is 0 Å². The summed E-state index contributed by atoms with van der Waals surface area (Å²) in [4.78, 5) is 31.1. The number of hydrogen-bond donors (Lipinski definition) is 2. The van der Waals surface area contributed by atoms with Crippen molar-refractivity contribution in [3.05, 3.63) is 106 Å². The molecule has 1 unspecified atom stereocenters. The van der Waals surface area contributed by atoms with Crippen LogP contribution in [0.4, 0.5) is 0 Å². The molecule has 0 fully saturated rings. The zero-order valence-corrected chi connectivity index (χ0v) is 21.5. The molecule has 5 rings (SSSR count). The summed E-state index contributed by atoms with van der Waals surface area (Å²) in [7, 11) is 0. The standard InChI is InChI=1S/C27H26Cl2N6O2/c28-20-15-30-16-21(29)25(20)27(36)34-14-18-3-5-19(6-4-18)17-35(12-7-24-31-10-11-32-24)22-8-13-37-23-2-1-9-33-26(22)23/h1-6,9-11,15-16,22H,7-8,12-14,17H2,(H,31,32)(H,34,36). The van der Waals surface area contributed by atoms with Gasteiger partial charge in [0.2, 0.25) is 0 Å². The number of ether oxygens (including phenoxy) is 1. The number of nitrogens with one attached hydrogen (secondary N) is 2. The molecule has 1 amide bonds. The minimum atomic E-state index is -0.337. The highest BCUT2D eigenvalue weighted by Gasteiger charge is 2.28. The number of amides is 1. The first-order valence-electron chi connectivity index (χ1n) is 12.0. The van der Waals surface area contributed by atoms with E-state index in [1.165, 1.54) is 18.0 Å². The Labute approximate surface area is 225 Å². The van der Waals surface area contributed by atoms with Crippen molar-refractivity contribution in [1.82, 2.24) is 30.2 Å². The van der Waals surface area contributed by atoms with E-state index in [0.29, 0.717) is 13.2 Å². The van der Waals surface area contributed by atoms with Gasteiger partial charge in [-0.25, -0.2) is 4.98 Å². The van der Waals surface area contributed by atoms with Gasteiger partial charge in [-0.3, -0.25) is 19.7 Å². The fourth-order valence-electron chi connectivity index (χ4n) is 4.47. The van der Waals surface area contributed by atoms with Crippen LogP contribution in [0.1, 0.15) is 45.5 Å². The molecule has 0 bridgehead atoms.